The van der Waals surface area contributed by atoms with Crippen LogP contribution in [0, 0.1) is 0 Å². The van der Waals surface area contributed by atoms with E-state index in [0.717, 1.165) is 12.8 Å². The molecule has 0 atom stereocenters. The van der Waals surface area contributed by atoms with Crippen molar-refractivity contribution in [2.75, 3.05) is 32.8 Å². The van der Waals surface area contributed by atoms with Gasteiger partial charge in [0.05, 0.1) is 13.2 Å². The minimum absolute atomic E-state index is 0.0224. The lowest BCUT2D eigenvalue weighted by molar-refractivity contribution is 0.173. The van der Waals surface area contributed by atoms with E-state index in [0.29, 0.717) is 13.1 Å². The van der Waals surface area contributed by atoms with E-state index < -0.39 is 0 Å². The first-order valence-electron chi connectivity index (χ1n) is 12.0. The SMILES string of the molecule is CCCCCCCCCCCCCCCCCCN(CCO)C(=O)NCCO. The van der Waals surface area contributed by atoms with Gasteiger partial charge in [-0.25, -0.2) is 4.79 Å². The van der Waals surface area contributed by atoms with Gasteiger partial charge in [-0.05, 0) is 6.42 Å². The van der Waals surface area contributed by atoms with Crippen molar-refractivity contribution in [1.29, 1.82) is 0 Å². The van der Waals surface area contributed by atoms with E-state index in [4.69, 9.17) is 10.2 Å². The van der Waals surface area contributed by atoms with Gasteiger partial charge >= 0.3 is 6.03 Å². The molecule has 0 aliphatic rings. The van der Waals surface area contributed by atoms with E-state index in [1.54, 1.807) is 4.90 Å². The zero-order valence-electron chi connectivity index (χ0n) is 18.6. The normalized spacial score (nSPS) is 11.0. The minimum atomic E-state index is -0.191. The summed E-state index contributed by atoms with van der Waals surface area (Å²) in [5.41, 5.74) is 0. The van der Waals surface area contributed by atoms with Crippen molar-refractivity contribution in [3.05, 3.63) is 0 Å². The molecule has 0 radical (unpaired) electrons. The second-order valence-corrected chi connectivity index (χ2v) is 7.97. The van der Waals surface area contributed by atoms with E-state index in [9.17, 15) is 4.79 Å². The molecule has 0 aromatic heterocycles. The number of amides is 2. The van der Waals surface area contributed by atoms with Gasteiger partial charge in [-0.15, -0.1) is 0 Å². The van der Waals surface area contributed by atoms with Crippen LogP contribution >= 0.6 is 0 Å². The summed E-state index contributed by atoms with van der Waals surface area (Å²) in [5, 5.41) is 20.5. The van der Waals surface area contributed by atoms with Crippen molar-refractivity contribution in [3.8, 4) is 0 Å². The summed E-state index contributed by atoms with van der Waals surface area (Å²) in [4.78, 5) is 13.5. The monoisotopic (exact) mass is 400 g/mol. The Hall–Kier alpha value is -0.810. The van der Waals surface area contributed by atoms with Crippen LogP contribution in [0.4, 0.5) is 4.79 Å². The second-order valence-electron chi connectivity index (χ2n) is 7.97. The maximum Gasteiger partial charge on any atom is 0.317 e. The Morgan fingerprint density at radius 3 is 1.46 bits per heavy atom. The molecule has 0 heterocycles. The highest BCUT2D eigenvalue weighted by Gasteiger charge is 2.11. The van der Waals surface area contributed by atoms with E-state index in [2.05, 4.69) is 12.2 Å². The Labute approximate surface area is 174 Å². The number of nitrogens with zero attached hydrogens (tertiary/aromatic N) is 1. The Kier molecular flexibility index (Phi) is 21.8. The zero-order chi connectivity index (χ0) is 20.7. The Morgan fingerprint density at radius 1 is 0.643 bits per heavy atom. The molecule has 0 aromatic rings. The van der Waals surface area contributed by atoms with Crippen molar-refractivity contribution in [2.45, 2.75) is 110 Å². The minimum Gasteiger partial charge on any atom is -0.395 e. The van der Waals surface area contributed by atoms with Gasteiger partial charge in [0.2, 0.25) is 0 Å². The molecule has 0 fully saturated rings. The average Bonchev–Trinajstić information content (AvgIpc) is 2.70. The highest BCUT2D eigenvalue weighted by atomic mass is 16.3. The highest BCUT2D eigenvalue weighted by molar-refractivity contribution is 5.74. The molecule has 2 amide bonds. The molecule has 0 spiro atoms. The predicted octanol–water partition coefficient (Wildman–Crippen LogP) is 5.24. The van der Waals surface area contributed by atoms with Gasteiger partial charge in [0, 0.05) is 19.6 Å². The van der Waals surface area contributed by atoms with E-state index >= 15 is 0 Å². The number of hydrogen-bond acceptors (Lipinski definition) is 3. The molecule has 0 unspecified atom stereocenters. The zero-order valence-corrected chi connectivity index (χ0v) is 18.6. The topological polar surface area (TPSA) is 72.8 Å². The van der Waals surface area contributed by atoms with Crippen molar-refractivity contribution >= 4 is 6.03 Å². The molecule has 0 rings (SSSR count). The molecule has 0 saturated heterocycles. The third kappa shape index (κ3) is 18.5. The maximum absolute atomic E-state index is 11.9. The second kappa shape index (κ2) is 22.5. The number of rotatable bonds is 21. The fourth-order valence-electron chi connectivity index (χ4n) is 3.56. The smallest absolute Gasteiger partial charge is 0.317 e. The van der Waals surface area contributed by atoms with Gasteiger partial charge in [0.25, 0.3) is 0 Å². The first-order chi connectivity index (χ1) is 13.8. The molecular formula is C23H48N2O3. The van der Waals surface area contributed by atoms with E-state index in [1.165, 1.54) is 89.9 Å². The summed E-state index contributed by atoms with van der Waals surface area (Å²) in [5.74, 6) is 0. The lowest BCUT2D eigenvalue weighted by Gasteiger charge is -2.22. The first kappa shape index (κ1) is 27.2. The lowest BCUT2D eigenvalue weighted by Crippen LogP contribution is -2.42. The highest BCUT2D eigenvalue weighted by Crippen LogP contribution is 2.13. The summed E-state index contributed by atoms with van der Waals surface area (Å²) in [7, 11) is 0. The Balaban J connectivity index is 3.36. The number of hydrogen-bond donors (Lipinski definition) is 3. The molecular weight excluding hydrogens is 352 g/mol. The van der Waals surface area contributed by atoms with Crippen LogP contribution in [0.1, 0.15) is 110 Å². The number of nitrogens with one attached hydrogen (secondary N) is 1. The third-order valence-corrected chi connectivity index (χ3v) is 5.33. The van der Waals surface area contributed by atoms with Crippen LogP contribution in [0.15, 0.2) is 0 Å². The summed E-state index contributed by atoms with van der Waals surface area (Å²) in [6.45, 7) is 3.49. The molecule has 28 heavy (non-hydrogen) atoms. The molecule has 0 aromatic carbocycles. The molecule has 5 nitrogen and oxygen atoms in total. The molecule has 0 bridgehead atoms. The van der Waals surface area contributed by atoms with Crippen molar-refractivity contribution in [2.24, 2.45) is 0 Å². The van der Waals surface area contributed by atoms with Gasteiger partial charge in [-0.3, -0.25) is 0 Å². The lowest BCUT2D eigenvalue weighted by atomic mass is 10.0. The van der Waals surface area contributed by atoms with E-state index in [1.807, 2.05) is 0 Å². The quantitative estimate of drug-likeness (QED) is 0.231. The van der Waals surface area contributed by atoms with Crippen LogP contribution in [-0.4, -0.2) is 54.0 Å². The van der Waals surface area contributed by atoms with Crippen LogP contribution in [-0.2, 0) is 0 Å². The average molecular weight is 401 g/mol. The maximum atomic E-state index is 11.9. The van der Waals surface area contributed by atoms with Crippen molar-refractivity contribution in [1.82, 2.24) is 10.2 Å². The van der Waals surface area contributed by atoms with Crippen molar-refractivity contribution in [3.63, 3.8) is 0 Å². The van der Waals surface area contributed by atoms with Gasteiger partial charge < -0.3 is 20.4 Å². The third-order valence-electron chi connectivity index (χ3n) is 5.33. The van der Waals surface area contributed by atoms with Crippen LogP contribution < -0.4 is 5.32 Å². The molecule has 0 aliphatic carbocycles. The van der Waals surface area contributed by atoms with Crippen LogP contribution in [0.25, 0.3) is 0 Å². The summed E-state index contributed by atoms with van der Waals surface area (Å²) in [6.07, 6.45) is 21.4. The Bertz CT molecular complexity index is 327. The van der Waals surface area contributed by atoms with Gasteiger partial charge in [0.15, 0.2) is 0 Å². The van der Waals surface area contributed by atoms with Gasteiger partial charge in [-0.1, -0.05) is 103 Å². The van der Waals surface area contributed by atoms with Crippen LogP contribution in [0.5, 0.6) is 0 Å². The summed E-state index contributed by atoms with van der Waals surface area (Å²) < 4.78 is 0. The fraction of sp³-hybridized carbons (Fsp3) is 0.957. The number of urea groups is 1. The van der Waals surface area contributed by atoms with Crippen LogP contribution in [0.2, 0.25) is 0 Å². The first-order valence-corrected chi connectivity index (χ1v) is 12.0. The largest absolute Gasteiger partial charge is 0.395 e. The number of unbranched alkanes of at least 4 members (excludes halogenated alkanes) is 15. The number of carbonyl (C=O) groups excluding carboxylic acids is 1. The number of aliphatic hydroxyl groups excluding tert-OH is 2. The molecule has 168 valence electrons. The summed E-state index contributed by atoms with van der Waals surface area (Å²) in [6, 6.07) is -0.191. The van der Waals surface area contributed by atoms with Gasteiger partial charge in [-0.2, -0.15) is 0 Å². The standard InChI is InChI=1S/C23H48N2O3/c1-2-3-4-5-6-7-8-9-10-11-12-13-14-15-16-17-19-25(20-22-27)23(28)24-18-21-26/h26-27H,2-22H2,1H3,(H,24,28). The molecule has 5 heteroatoms. The van der Waals surface area contributed by atoms with Crippen LogP contribution in [0.3, 0.4) is 0 Å². The fourth-order valence-corrected chi connectivity index (χ4v) is 3.56. The number of carbonyl (C=O) groups is 1. The molecule has 0 aliphatic heterocycles. The van der Waals surface area contributed by atoms with E-state index in [-0.39, 0.29) is 25.8 Å². The molecule has 3 N–H and O–H groups in total. The molecule has 0 saturated carbocycles. The number of aliphatic hydroxyl groups is 2. The Morgan fingerprint density at radius 2 is 1.07 bits per heavy atom. The summed E-state index contributed by atoms with van der Waals surface area (Å²) >= 11 is 0. The predicted molar refractivity (Wildman–Crippen MR) is 119 cm³/mol. The van der Waals surface area contributed by atoms with Gasteiger partial charge in [0.1, 0.15) is 0 Å². The van der Waals surface area contributed by atoms with Crippen molar-refractivity contribution < 1.29 is 15.0 Å².